The van der Waals surface area contributed by atoms with Crippen molar-refractivity contribution in [3.05, 3.63) is 65.2 Å². The Kier molecular flexibility index (Phi) is 7.09. The van der Waals surface area contributed by atoms with E-state index in [9.17, 15) is 13.2 Å². The number of nitrogens with one attached hydrogen (secondary N) is 1. The highest BCUT2D eigenvalue weighted by Crippen LogP contribution is 2.27. The number of hydrogen-bond acceptors (Lipinski definition) is 3. The van der Waals surface area contributed by atoms with Crippen LogP contribution in [0, 0.1) is 13.8 Å². The van der Waals surface area contributed by atoms with Gasteiger partial charge in [0, 0.05) is 19.1 Å². The van der Waals surface area contributed by atoms with Gasteiger partial charge in [-0.25, -0.2) is 8.42 Å². The Morgan fingerprint density at radius 3 is 2.55 bits per heavy atom. The number of nitrogens with zero attached hydrogens (tertiary/aromatic N) is 1. The number of carbonyl (C=O) groups is 1. The standard InChI is InChI=1S/C23H30N2O3S/c1-18-9-11-22(12-10-18)29(27,28)25-15-4-3-8-21(25)13-14-24-23(26)17-20-7-5-6-19(2)16-20/h5-7,9-12,16,21H,3-4,8,13-15,17H2,1-2H3,(H,24,26). The van der Waals surface area contributed by atoms with Crippen LogP contribution in [0.25, 0.3) is 0 Å². The van der Waals surface area contributed by atoms with Crippen LogP contribution in [0.15, 0.2) is 53.4 Å². The van der Waals surface area contributed by atoms with Crippen LogP contribution in [0.5, 0.6) is 0 Å². The number of aryl methyl sites for hydroxylation is 2. The van der Waals surface area contributed by atoms with E-state index in [2.05, 4.69) is 5.32 Å². The average molecular weight is 415 g/mol. The van der Waals surface area contributed by atoms with E-state index in [1.165, 1.54) is 0 Å². The minimum atomic E-state index is -3.51. The Balaban J connectivity index is 1.58. The Morgan fingerprint density at radius 1 is 1.07 bits per heavy atom. The minimum Gasteiger partial charge on any atom is -0.356 e. The summed E-state index contributed by atoms with van der Waals surface area (Å²) in [7, 11) is -3.51. The van der Waals surface area contributed by atoms with E-state index in [4.69, 9.17) is 0 Å². The van der Waals surface area contributed by atoms with Gasteiger partial charge in [0.05, 0.1) is 11.3 Å². The van der Waals surface area contributed by atoms with Crippen LogP contribution in [0.2, 0.25) is 0 Å². The summed E-state index contributed by atoms with van der Waals surface area (Å²) in [5.41, 5.74) is 3.16. The maximum absolute atomic E-state index is 13.1. The van der Waals surface area contributed by atoms with Crippen LogP contribution in [-0.4, -0.2) is 37.8 Å². The molecule has 1 aliphatic rings. The molecule has 3 rings (SSSR count). The van der Waals surface area contributed by atoms with E-state index in [1.54, 1.807) is 16.4 Å². The number of hydrogen-bond donors (Lipinski definition) is 1. The Morgan fingerprint density at radius 2 is 1.83 bits per heavy atom. The molecular formula is C23H30N2O3S. The van der Waals surface area contributed by atoms with Crippen LogP contribution in [0.1, 0.15) is 42.4 Å². The van der Waals surface area contributed by atoms with E-state index < -0.39 is 10.0 Å². The highest BCUT2D eigenvalue weighted by Gasteiger charge is 2.33. The van der Waals surface area contributed by atoms with Gasteiger partial charge in [0.15, 0.2) is 0 Å². The molecule has 1 heterocycles. The molecule has 0 aliphatic carbocycles. The molecule has 1 N–H and O–H groups in total. The predicted molar refractivity (Wildman–Crippen MR) is 115 cm³/mol. The summed E-state index contributed by atoms with van der Waals surface area (Å²) in [4.78, 5) is 12.6. The second-order valence-electron chi connectivity index (χ2n) is 7.88. The van der Waals surface area contributed by atoms with Crippen molar-refractivity contribution in [1.29, 1.82) is 0 Å². The molecule has 1 atom stereocenters. The fourth-order valence-corrected chi connectivity index (χ4v) is 5.60. The molecule has 0 saturated carbocycles. The van der Waals surface area contributed by atoms with Crippen LogP contribution in [0.3, 0.4) is 0 Å². The first-order chi connectivity index (χ1) is 13.9. The number of rotatable bonds is 7. The number of benzene rings is 2. The van der Waals surface area contributed by atoms with Gasteiger partial charge in [0.2, 0.25) is 15.9 Å². The largest absolute Gasteiger partial charge is 0.356 e. The summed E-state index contributed by atoms with van der Waals surface area (Å²) >= 11 is 0. The maximum atomic E-state index is 13.1. The summed E-state index contributed by atoms with van der Waals surface area (Å²) < 4.78 is 27.9. The van der Waals surface area contributed by atoms with Gasteiger partial charge in [-0.05, 0) is 50.8 Å². The Hall–Kier alpha value is -2.18. The third kappa shape index (κ3) is 5.67. The molecule has 1 saturated heterocycles. The number of carbonyl (C=O) groups excluding carboxylic acids is 1. The Bertz CT molecular complexity index is 939. The van der Waals surface area contributed by atoms with Gasteiger partial charge < -0.3 is 5.32 Å². The molecule has 0 radical (unpaired) electrons. The van der Waals surface area contributed by atoms with Crippen molar-refractivity contribution in [2.24, 2.45) is 0 Å². The molecule has 1 unspecified atom stereocenters. The molecule has 5 nitrogen and oxygen atoms in total. The van der Waals surface area contributed by atoms with Crippen LogP contribution < -0.4 is 5.32 Å². The molecule has 0 bridgehead atoms. The van der Waals surface area contributed by atoms with Crippen molar-refractivity contribution in [2.75, 3.05) is 13.1 Å². The van der Waals surface area contributed by atoms with E-state index in [1.807, 2.05) is 50.2 Å². The molecular weight excluding hydrogens is 384 g/mol. The van der Waals surface area contributed by atoms with Crippen LogP contribution >= 0.6 is 0 Å². The third-order valence-electron chi connectivity index (χ3n) is 5.45. The SMILES string of the molecule is Cc1ccc(S(=O)(=O)N2CCCCC2CCNC(=O)Cc2cccc(C)c2)cc1. The molecule has 1 amide bonds. The highest BCUT2D eigenvalue weighted by atomic mass is 32.2. The van der Waals surface area contributed by atoms with Gasteiger partial charge in [0.1, 0.15) is 0 Å². The zero-order valence-electron chi connectivity index (χ0n) is 17.2. The molecule has 29 heavy (non-hydrogen) atoms. The van der Waals surface area contributed by atoms with Crippen molar-refractivity contribution in [2.45, 2.75) is 56.9 Å². The quantitative estimate of drug-likeness (QED) is 0.753. The lowest BCUT2D eigenvalue weighted by Crippen LogP contribution is -2.45. The van der Waals surface area contributed by atoms with Gasteiger partial charge in [-0.3, -0.25) is 4.79 Å². The minimum absolute atomic E-state index is 0.0284. The third-order valence-corrected chi connectivity index (χ3v) is 7.41. The fraction of sp³-hybridized carbons (Fsp3) is 0.435. The first-order valence-electron chi connectivity index (χ1n) is 10.3. The van der Waals surface area contributed by atoms with Gasteiger partial charge in [-0.15, -0.1) is 0 Å². The van der Waals surface area contributed by atoms with Crippen molar-refractivity contribution >= 4 is 15.9 Å². The van der Waals surface area contributed by atoms with Crippen LogP contribution in [0.4, 0.5) is 0 Å². The van der Waals surface area contributed by atoms with E-state index in [0.717, 1.165) is 36.0 Å². The molecule has 2 aromatic carbocycles. The second kappa shape index (κ2) is 9.55. The van der Waals surface area contributed by atoms with Crippen molar-refractivity contribution in [3.63, 3.8) is 0 Å². The number of amides is 1. The molecule has 2 aromatic rings. The first kappa shape index (κ1) is 21.5. The van der Waals surface area contributed by atoms with Crippen molar-refractivity contribution in [1.82, 2.24) is 9.62 Å². The summed E-state index contributed by atoms with van der Waals surface area (Å²) in [6.45, 7) is 4.97. The van der Waals surface area contributed by atoms with Crippen molar-refractivity contribution < 1.29 is 13.2 Å². The molecule has 0 spiro atoms. The summed E-state index contributed by atoms with van der Waals surface area (Å²) in [5.74, 6) is -0.0284. The zero-order valence-corrected chi connectivity index (χ0v) is 18.0. The van der Waals surface area contributed by atoms with Gasteiger partial charge in [-0.1, -0.05) is 53.9 Å². The van der Waals surface area contributed by atoms with Gasteiger partial charge in [-0.2, -0.15) is 4.31 Å². The first-order valence-corrected chi connectivity index (χ1v) is 11.7. The second-order valence-corrected chi connectivity index (χ2v) is 9.77. The normalized spacial score (nSPS) is 17.8. The number of piperidine rings is 1. The van der Waals surface area contributed by atoms with Gasteiger partial charge >= 0.3 is 0 Å². The Labute approximate surface area is 174 Å². The molecule has 0 aromatic heterocycles. The van der Waals surface area contributed by atoms with E-state index in [0.29, 0.717) is 30.8 Å². The summed E-state index contributed by atoms with van der Waals surface area (Å²) in [6.07, 6.45) is 3.70. The van der Waals surface area contributed by atoms with Crippen molar-refractivity contribution in [3.8, 4) is 0 Å². The smallest absolute Gasteiger partial charge is 0.243 e. The molecule has 6 heteroatoms. The zero-order chi connectivity index (χ0) is 20.9. The predicted octanol–water partition coefficient (Wildman–Crippen LogP) is 3.60. The summed E-state index contributed by atoms with van der Waals surface area (Å²) in [5, 5.41) is 2.96. The lowest BCUT2D eigenvalue weighted by atomic mass is 10.0. The maximum Gasteiger partial charge on any atom is 0.243 e. The molecule has 1 aliphatic heterocycles. The monoisotopic (exact) mass is 414 g/mol. The van der Waals surface area contributed by atoms with Gasteiger partial charge in [0.25, 0.3) is 0 Å². The van der Waals surface area contributed by atoms with E-state index in [-0.39, 0.29) is 11.9 Å². The molecule has 1 fully saturated rings. The lowest BCUT2D eigenvalue weighted by molar-refractivity contribution is -0.120. The van der Waals surface area contributed by atoms with Crippen LogP contribution in [-0.2, 0) is 21.2 Å². The average Bonchev–Trinajstić information content (AvgIpc) is 2.68. The number of sulfonamides is 1. The summed E-state index contributed by atoms with van der Waals surface area (Å²) in [6, 6.07) is 14.9. The fourth-order valence-electron chi connectivity index (χ4n) is 3.87. The highest BCUT2D eigenvalue weighted by molar-refractivity contribution is 7.89. The molecule has 156 valence electrons. The lowest BCUT2D eigenvalue weighted by Gasteiger charge is -2.34. The van der Waals surface area contributed by atoms with E-state index >= 15 is 0 Å². The topological polar surface area (TPSA) is 66.5 Å².